The van der Waals surface area contributed by atoms with Crippen molar-refractivity contribution in [2.24, 2.45) is 5.92 Å². The van der Waals surface area contributed by atoms with Gasteiger partial charge in [0.25, 0.3) is 0 Å². The summed E-state index contributed by atoms with van der Waals surface area (Å²) >= 11 is 3.48. The molecule has 1 heterocycles. The number of nitrogens with one attached hydrogen (secondary N) is 1. The zero-order valence-corrected chi connectivity index (χ0v) is 12.9. The summed E-state index contributed by atoms with van der Waals surface area (Å²) in [6.07, 6.45) is 1.62. The Morgan fingerprint density at radius 1 is 1.37 bits per heavy atom. The Morgan fingerprint density at radius 2 is 2.21 bits per heavy atom. The van der Waals surface area contributed by atoms with Crippen molar-refractivity contribution in [3.63, 3.8) is 0 Å². The van der Waals surface area contributed by atoms with Crippen molar-refractivity contribution < 1.29 is 0 Å². The van der Waals surface area contributed by atoms with E-state index in [1.54, 1.807) is 6.33 Å². The van der Waals surface area contributed by atoms with Crippen molar-refractivity contribution in [2.45, 2.75) is 26.9 Å². The fourth-order valence-corrected chi connectivity index (χ4v) is 2.28. The summed E-state index contributed by atoms with van der Waals surface area (Å²) in [5, 5.41) is 7.68. The average Bonchev–Trinajstić information content (AvgIpc) is 2.76. The minimum absolute atomic E-state index is 0.640. The van der Waals surface area contributed by atoms with Gasteiger partial charge in [0.2, 0.25) is 0 Å². The normalized spacial score (nSPS) is 11.2. The predicted octanol–water partition coefficient (Wildman–Crippen LogP) is 2.83. The molecule has 102 valence electrons. The minimum Gasteiger partial charge on any atom is -0.310 e. The van der Waals surface area contributed by atoms with Crippen LogP contribution in [0.5, 0.6) is 0 Å². The van der Waals surface area contributed by atoms with Gasteiger partial charge in [0.1, 0.15) is 12.2 Å². The lowest BCUT2D eigenvalue weighted by molar-refractivity contribution is 0.523. The molecule has 0 atom stereocenters. The maximum atomic E-state index is 4.31. The largest absolute Gasteiger partial charge is 0.310 e. The van der Waals surface area contributed by atoms with Crippen LogP contribution in [0.15, 0.2) is 35.1 Å². The molecular weight excluding hydrogens is 304 g/mol. The summed E-state index contributed by atoms with van der Waals surface area (Å²) in [7, 11) is 0. The quantitative estimate of drug-likeness (QED) is 0.889. The van der Waals surface area contributed by atoms with Crippen molar-refractivity contribution in [3.8, 4) is 0 Å². The first kappa shape index (κ1) is 14.2. The molecule has 0 spiro atoms. The zero-order valence-electron chi connectivity index (χ0n) is 11.3. The highest BCUT2D eigenvalue weighted by atomic mass is 79.9. The fourth-order valence-electron chi connectivity index (χ4n) is 1.84. The Hall–Kier alpha value is -1.20. The summed E-state index contributed by atoms with van der Waals surface area (Å²) in [5.74, 6) is 1.61. The molecule has 0 aliphatic heterocycles. The van der Waals surface area contributed by atoms with Gasteiger partial charge in [-0.2, -0.15) is 5.10 Å². The van der Waals surface area contributed by atoms with Crippen molar-refractivity contribution >= 4 is 15.9 Å². The van der Waals surface area contributed by atoms with Crippen molar-refractivity contribution in [1.29, 1.82) is 0 Å². The molecule has 0 aliphatic rings. The molecular formula is C14H19BrN4. The second-order valence-corrected chi connectivity index (χ2v) is 5.90. The molecule has 19 heavy (non-hydrogen) atoms. The van der Waals surface area contributed by atoms with Crippen LogP contribution in [-0.4, -0.2) is 21.3 Å². The molecule has 1 N–H and O–H groups in total. The summed E-state index contributed by atoms with van der Waals surface area (Å²) in [6.45, 7) is 6.88. The molecule has 2 rings (SSSR count). The van der Waals surface area contributed by atoms with Gasteiger partial charge < -0.3 is 5.32 Å². The summed E-state index contributed by atoms with van der Waals surface area (Å²) < 4.78 is 3.03. The smallest absolute Gasteiger partial charge is 0.141 e. The standard InChI is InChI=1S/C14H19BrN4/c1-11(2)7-16-8-14-17-10-18-19(14)9-12-4-3-5-13(15)6-12/h3-6,10-11,16H,7-9H2,1-2H3. The molecule has 0 unspecified atom stereocenters. The third-order valence-corrected chi connectivity index (χ3v) is 3.25. The molecule has 5 heteroatoms. The van der Waals surface area contributed by atoms with Gasteiger partial charge in [0.05, 0.1) is 13.1 Å². The summed E-state index contributed by atoms with van der Waals surface area (Å²) in [6, 6.07) is 8.26. The predicted molar refractivity (Wildman–Crippen MR) is 79.8 cm³/mol. The second-order valence-electron chi connectivity index (χ2n) is 4.99. The molecule has 0 saturated carbocycles. The van der Waals surface area contributed by atoms with Crippen LogP contribution < -0.4 is 5.32 Å². The fraction of sp³-hybridized carbons (Fsp3) is 0.429. The molecule has 1 aromatic carbocycles. The van der Waals surface area contributed by atoms with E-state index < -0.39 is 0 Å². The van der Waals surface area contributed by atoms with E-state index in [2.05, 4.69) is 57.3 Å². The van der Waals surface area contributed by atoms with Crippen LogP contribution >= 0.6 is 15.9 Å². The van der Waals surface area contributed by atoms with E-state index in [0.717, 1.165) is 29.9 Å². The molecule has 0 fully saturated rings. The molecule has 4 nitrogen and oxygen atoms in total. The lowest BCUT2D eigenvalue weighted by atomic mass is 10.2. The Bertz CT molecular complexity index is 522. The maximum absolute atomic E-state index is 4.31. The second kappa shape index (κ2) is 6.82. The van der Waals surface area contributed by atoms with Crippen molar-refractivity contribution in [2.75, 3.05) is 6.54 Å². The van der Waals surface area contributed by atoms with Gasteiger partial charge in [-0.3, -0.25) is 0 Å². The van der Waals surface area contributed by atoms with Crippen LogP contribution in [0.1, 0.15) is 25.2 Å². The first-order valence-electron chi connectivity index (χ1n) is 6.47. The van der Waals surface area contributed by atoms with Gasteiger partial charge in [-0.25, -0.2) is 9.67 Å². The van der Waals surface area contributed by atoms with E-state index in [4.69, 9.17) is 0 Å². The van der Waals surface area contributed by atoms with Crippen LogP contribution in [-0.2, 0) is 13.1 Å². The monoisotopic (exact) mass is 322 g/mol. The first-order valence-corrected chi connectivity index (χ1v) is 7.26. The SMILES string of the molecule is CC(C)CNCc1ncnn1Cc1cccc(Br)c1. The van der Waals surface area contributed by atoms with E-state index >= 15 is 0 Å². The minimum atomic E-state index is 0.640. The number of rotatable bonds is 6. The number of hydrogen-bond donors (Lipinski definition) is 1. The van der Waals surface area contributed by atoms with Crippen LogP contribution in [0.2, 0.25) is 0 Å². The molecule has 0 aliphatic carbocycles. The van der Waals surface area contributed by atoms with Gasteiger partial charge in [-0.15, -0.1) is 0 Å². The van der Waals surface area contributed by atoms with Crippen LogP contribution in [0.3, 0.4) is 0 Å². The highest BCUT2D eigenvalue weighted by Crippen LogP contribution is 2.12. The molecule has 0 bridgehead atoms. The van der Waals surface area contributed by atoms with Crippen molar-refractivity contribution in [3.05, 3.63) is 46.5 Å². The number of hydrogen-bond acceptors (Lipinski definition) is 3. The first-order chi connectivity index (χ1) is 9.15. The maximum Gasteiger partial charge on any atom is 0.141 e. The highest BCUT2D eigenvalue weighted by molar-refractivity contribution is 9.10. The van der Waals surface area contributed by atoms with Gasteiger partial charge in [0.15, 0.2) is 0 Å². The van der Waals surface area contributed by atoms with E-state index in [-0.39, 0.29) is 0 Å². The lowest BCUT2D eigenvalue weighted by Crippen LogP contribution is -2.22. The average molecular weight is 323 g/mol. The van der Waals surface area contributed by atoms with E-state index in [9.17, 15) is 0 Å². The molecule has 0 saturated heterocycles. The lowest BCUT2D eigenvalue weighted by Gasteiger charge is -2.09. The number of nitrogens with zero attached hydrogens (tertiary/aromatic N) is 3. The van der Waals surface area contributed by atoms with Gasteiger partial charge in [0, 0.05) is 4.47 Å². The molecule has 0 radical (unpaired) electrons. The summed E-state index contributed by atoms with van der Waals surface area (Å²) in [4.78, 5) is 4.31. The van der Waals surface area contributed by atoms with E-state index in [0.29, 0.717) is 5.92 Å². The third-order valence-electron chi connectivity index (χ3n) is 2.75. The Balaban J connectivity index is 1.99. The Labute approximate surface area is 122 Å². The Morgan fingerprint density at radius 3 is 2.95 bits per heavy atom. The van der Waals surface area contributed by atoms with Crippen LogP contribution in [0.25, 0.3) is 0 Å². The molecule has 0 amide bonds. The van der Waals surface area contributed by atoms with Gasteiger partial charge >= 0.3 is 0 Å². The number of benzene rings is 1. The number of aromatic nitrogens is 3. The topological polar surface area (TPSA) is 42.7 Å². The molecule has 2 aromatic rings. The highest BCUT2D eigenvalue weighted by Gasteiger charge is 2.05. The van der Waals surface area contributed by atoms with Gasteiger partial charge in [-0.05, 0) is 30.2 Å². The summed E-state index contributed by atoms with van der Waals surface area (Å²) in [5.41, 5.74) is 1.21. The van der Waals surface area contributed by atoms with Gasteiger partial charge in [-0.1, -0.05) is 41.9 Å². The van der Waals surface area contributed by atoms with E-state index in [1.807, 2.05) is 16.8 Å². The van der Waals surface area contributed by atoms with Crippen LogP contribution in [0, 0.1) is 5.92 Å². The number of halogens is 1. The zero-order chi connectivity index (χ0) is 13.7. The van der Waals surface area contributed by atoms with Crippen LogP contribution in [0.4, 0.5) is 0 Å². The molecule has 1 aromatic heterocycles. The third kappa shape index (κ3) is 4.44. The Kier molecular flexibility index (Phi) is 5.10. The van der Waals surface area contributed by atoms with E-state index in [1.165, 1.54) is 5.56 Å². The van der Waals surface area contributed by atoms with Crippen molar-refractivity contribution in [1.82, 2.24) is 20.1 Å².